The number of hydrogen-bond donors (Lipinski definition) is 1. The first kappa shape index (κ1) is 15.4. The van der Waals surface area contributed by atoms with Crippen LogP contribution in [0.5, 0.6) is 11.8 Å². The first-order valence-corrected chi connectivity index (χ1v) is 7.65. The van der Waals surface area contributed by atoms with Gasteiger partial charge in [-0.2, -0.15) is 0 Å². The lowest BCUT2D eigenvalue weighted by atomic mass is 10.3. The summed E-state index contributed by atoms with van der Waals surface area (Å²) < 4.78 is 5.64. The second-order valence-electron chi connectivity index (χ2n) is 4.55. The van der Waals surface area contributed by atoms with Crippen LogP contribution >= 0.6 is 15.9 Å². The van der Waals surface area contributed by atoms with Crippen molar-refractivity contribution < 1.29 is 9.53 Å². The molecule has 0 fully saturated rings. The number of ether oxygens (including phenoxy) is 1. The molecule has 2 rings (SSSR count). The van der Waals surface area contributed by atoms with Gasteiger partial charge in [0.05, 0.1) is 0 Å². The molecular weight excluding hydrogens is 334 g/mol. The number of halogens is 1. The van der Waals surface area contributed by atoms with Crippen molar-refractivity contribution in [3.8, 4) is 11.8 Å². The maximum Gasteiger partial charge on any atom is 0.322 e. The largest absolute Gasteiger partial charge is 0.424 e. The lowest BCUT2D eigenvalue weighted by Crippen LogP contribution is -2.11. The van der Waals surface area contributed by atoms with Gasteiger partial charge in [-0.1, -0.05) is 22.0 Å². The Bertz CT molecular complexity index is 626. The van der Waals surface area contributed by atoms with Gasteiger partial charge in [0.2, 0.25) is 5.91 Å². The van der Waals surface area contributed by atoms with Gasteiger partial charge < -0.3 is 10.1 Å². The van der Waals surface area contributed by atoms with Crippen LogP contribution in [0.4, 0.5) is 5.69 Å². The third-order valence-electron chi connectivity index (χ3n) is 2.61. The zero-order valence-corrected chi connectivity index (χ0v) is 13.5. The summed E-state index contributed by atoms with van der Waals surface area (Å²) in [6.07, 6.45) is 0.422. The number of benzene rings is 1. The molecule has 21 heavy (non-hydrogen) atoms. The molecule has 1 heterocycles. The summed E-state index contributed by atoms with van der Waals surface area (Å²) in [5.41, 5.74) is 2.38. The number of anilines is 1. The van der Waals surface area contributed by atoms with Crippen molar-refractivity contribution in [2.45, 2.75) is 20.3 Å². The van der Waals surface area contributed by atoms with E-state index in [1.807, 2.05) is 26.0 Å². The summed E-state index contributed by atoms with van der Waals surface area (Å²) in [4.78, 5) is 20.0. The van der Waals surface area contributed by atoms with E-state index in [2.05, 4.69) is 31.2 Å². The highest BCUT2D eigenvalue weighted by molar-refractivity contribution is 9.09. The molecule has 0 aliphatic rings. The Morgan fingerprint density at radius 3 is 2.62 bits per heavy atom. The van der Waals surface area contributed by atoms with Crippen molar-refractivity contribution in [1.29, 1.82) is 0 Å². The lowest BCUT2D eigenvalue weighted by molar-refractivity contribution is -0.115. The second kappa shape index (κ2) is 7.17. The van der Waals surface area contributed by atoms with Gasteiger partial charge in [-0.3, -0.25) is 4.79 Å². The van der Waals surface area contributed by atoms with E-state index in [1.54, 1.807) is 18.2 Å². The summed E-state index contributed by atoms with van der Waals surface area (Å²) in [6.45, 7) is 3.77. The Balaban J connectivity index is 2.12. The molecule has 1 aromatic carbocycles. The number of alkyl halides is 1. The molecule has 1 amide bonds. The lowest BCUT2D eigenvalue weighted by Gasteiger charge is -2.08. The highest BCUT2D eigenvalue weighted by Gasteiger charge is 2.05. The van der Waals surface area contributed by atoms with Crippen LogP contribution in [0.15, 0.2) is 30.3 Å². The van der Waals surface area contributed by atoms with Crippen LogP contribution in [-0.2, 0) is 4.79 Å². The normalized spacial score (nSPS) is 10.2. The molecule has 5 nitrogen and oxygen atoms in total. The Hall–Kier alpha value is -1.95. The standard InChI is InChI=1S/C15H16BrN3O2/c1-10-8-11(2)18-15(17-10)21-13-5-3-4-12(9-13)19-14(20)6-7-16/h3-5,8-9H,6-7H2,1-2H3,(H,19,20). The van der Waals surface area contributed by atoms with Crippen molar-refractivity contribution in [2.75, 3.05) is 10.6 Å². The first-order chi connectivity index (χ1) is 10.1. The molecule has 6 heteroatoms. The van der Waals surface area contributed by atoms with E-state index in [0.717, 1.165) is 11.4 Å². The maximum absolute atomic E-state index is 11.6. The molecule has 0 unspecified atom stereocenters. The van der Waals surface area contributed by atoms with Gasteiger partial charge in [0.15, 0.2) is 0 Å². The van der Waals surface area contributed by atoms with E-state index in [0.29, 0.717) is 29.2 Å². The SMILES string of the molecule is Cc1cc(C)nc(Oc2cccc(NC(=O)CCBr)c2)n1. The summed E-state index contributed by atoms with van der Waals surface area (Å²) >= 11 is 3.23. The fraction of sp³-hybridized carbons (Fsp3) is 0.267. The Labute approximate surface area is 131 Å². The maximum atomic E-state index is 11.6. The van der Waals surface area contributed by atoms with Gasteiger partial charge in [0.1, 0.15) is 5.75 Å². The second-order valence-corrected chi connectivity index (χ2v) is 5.34. The highest BCUT2D eigenvalue weighted by Crippen LogP contribution is 2.22. The van der Waals surface area contributed by atoms with Crippen LogP contribution in [-0.4, -0.2) is 21.2 Å². The van der Waals surface area contributed by atoms with E-state index < -0.39 is 0 Å². The van der Waals surface area contributed by atoms with Crippen LogP contribution < -0.4 is 10.1 Å². The number of carbonyl (C=O) groups excluding carboxylic acids is 1. The fourth-order valence-corrected chi connectivity index (χ4v) is 2.15. The number of nitrogens with one attached hydrogen (secondary N) is 1. The van der Waals surface area contributed by atoms with Gasteiger partial charge in [0.25, 0.3) is 0 Å². The van der Waals surface area contributed by atoms with Gasteiger partial charge in [-0.15, -0.1) is 0 Å². The molecule has 1 aromatic heterocycles. The molecule has 0 atom stereocenters. The van der Waals surface area contributed by atoms with Gasteiger partial charge >= 0.3 is 6.01 Å². The van der Waals surface area contributed by atoms with Crippen LogP contribution in [0.25, 0.3) is 0 Å². The number of hydrogen-bond acceptors (Lipinski definition) is 4. The third kappa shape index (κ3) is 4.82. The number of aryl methyl sites for hydroxylation is 2. The smallest absolute Gasteiger partial charge is 0.322 e. The van der Waals surface area contributed by atoms with Crippen LogP contribution in [0.3, 0.4) is 0 Å². The number of rotatable bonds is 5. The monoisotopic (exact) mass is 349 g/mol. The number of nitrogens with zero attached hydrogens (tertiary/aromatic N) is 2. The number of amides is 1. The highest BCUT2D eigenvalue weighted by atomic mass is 79.9. The molecule has 0 radical (unpaired) electrons. The van der Waals surface area contributed by atoms with Gasteiger partial charge in [-0.25, -0.2) is 9.97 Å². The molecule has 0 saturated carbocycles. The van der Waals surface area contributed by atoms with Crippen molar-refractivity contribution in [1.82, 2.24) is 9.97 Å². The predicted octanol–water partition coefficient (Wildman–Crippen LogP) is 3.61. The van der Waals surface area contributed by atoms with Gasteiger partial charge in [-0.05, 0) is 32.0 Å². The van der Waals surface area contributed by atoms with Gasteiger partial charge in [0, 0.05) is 34.9 Å². The average molecular weight is 350 g/mol. The summed E-state index contributed by atoms with van der Waals surface area (Å²) in [5, 5.41) is 3.43. The Morgan fingerprint density at radius 2 is 1.95 bits per heavy atom. The van der Waals surface area contributed by atoms with E-state index in [4.69, 9.17) is 4.74 Å². The summed E-state index contributed by atoms with van der Waals surface area (Å²) in [6, 6.07) is 9.33. The molecule has 2 aromatic rings. The van der Waals surface area contributed by atoms with Crippen LogP contribution in [0.2, 0.25) is 0 Å². The number of carbonyl (C=O) groups is 1. The molecule has 0 aliphatic carbocycles. The van der Waals surface area contributed by atoms with E-state index in [9.17, 15) is 4.79 Å². The van der Waals surface area contributed by atoms with Crippen molar-refractivity contribution in [3.63, 3.8) is 0 Å². The average Bonchev–Trinajstić information content (AvgIpc) is 2.37. The Morgan fingerprint density at radius 1 is 1.24 bits per heavy atom. The molecular formula is C15H16BrN3O2. The summed E-state index contributed by atoms with van der Waals surface area (Å²) in [7, 11) is 0. The molecule has 0 spiro atoms. The molecule has 0 aliphatic heterocycles. The van der Waals surface area contributed by atoms with E-state index in [1.165, 1.54) is 0 Å². The molecule has 0 saturated heterocycles. The van der Waals surface area contributed by atoms with Crippen molar-refractivity contribution in [2.24, 2.45) is 0 Å². The van der Waals surface area contributed by atoms with Crippen LogP contribution in [0.1, 0.15) is 17.8 Å². The first-order valence-electron chi connectivity index (χ1n) is 6.53. The van der Waals surface area contributed by atoms with Crippen molar-refractivity contribution >= 4 is 27.5 Å². The minimum absolute atomic E-state index is 0.0494. The van der Waals surface area contributed by atoms with E-state index in [-0.39, 0.29) is 5.91 Å². The minimum atomic E-state index is -0.0494. The number of aromatic nitrogens is 2. The molecule has 110 valence electrons. The fourth-order valence-electron chi connectivity index (χ4n) is 1.79. The topological polar surface area (TPSA) is 64.1 Å². The van der Waals surface area contributed by atoms with Crippen molar-refractivity contribution in [3.05, 3.63) is 41.7 Å². The zero-order valence-electron chi connectivity index (χ0n) is 11.9. The molecule has 1 N–H and O–H groups in total. The quantitative estimate of drug-likeness (QED) is 0.837. The zero-order chi connectivity index (χ0) is 15.2. The minimum Gasteiger partial charge on any atom is -0.424 e. The Kier molecular flexibility index (Phi) is 5.27. The van der Waals surface area contributed by atoms with Crippen LogP contribution in [0, 0.1) is 13.8 Å². The summed E-state index contributed by atoms with van der Waals surface area (Å²) in [5.74, 6) is 0.531. The third-order valence-corrected chi connectivity index (χ3v) is 3.01. The molecule has 0 bridgehead atoms. The van der Waals surface area contributed by atoms with E-state index >= 15 is 0 Å². The predicted molar refractivity (Wildman–Crippen MR) is 85.1 cm³/mol.